The van der Waals surface area contributed by atoms with Crippen molar-refractivity contribution in [2.45, 2.75) is 12.3 Å². The van der Waals surface area contributed by atoms with E-state index >= 15 is 0 Å². The number of benzene rings is 2. The van der Waals surface area contributed by atoms with Crippen molar-refractivity contribution in [3.63, 3.8) is 0 Å². The fourth-order valence-electron chi connectivity index (χ4n) is 1.88. The zero-order chi connectivity index (χ0) is 14.9. The van der Waals surface area contributed by atoms with Crippen LogP contribution in [0.3, 0.4) is 0 Å². The molecule has 0 heterocycles. The van der Waals surface area contributed by atoms with Gasteiger partial charge >= 0.3 is 6.18 Å². The summed E-state index contributed by atoms with van der Waals surface area (Å²) >= 11 is 0. The SMILES string of the molecule is OC(c1ccccc1F)c1ccc(F)cc1C(F)(F)F. The van der Waals surface area contributed by atoms with Gasteiger partial charge in [-0.2, -0.15) is 13.2 Å². The van der Waals surface area contributed by atoms with Crippen LogP contribution >= 0.6 is 0 Å². The fourth-order valence-corrected chi connectivity index (χ4v) is 1.88. The Bertz CT molecular complexity index is 621. The summed E-state index contributed by atoms with van der Waals surface area (Å²) in [5.41, 5.74) is -2.22. The lowest BCUT2D eigenvalue weighted by atomic mass is 9.96. The van der Waals surface area contributed by atoms with Crippen LogP contribution in [-0.2, 0) is 6.18 Å². The molecule has 0 aromatic heterocycles. The van der Waals surface area contributed by atoms with Crippen molar-refractivity contribution in [3.8, 4) is 0 Å². The van der Waals surface area contributed by atoms with E-state index < -0.39 is 35.0 Å². The lowest BCUT2D eigenvalue weighted by molar-refractivity contribution is -0.139. The minimum atomic E-state index is -4.84. The molecule has 1 atom stereocenters. The van der Waals surface area contributed by atoms with Crippen LogP contribution in [0, 0.1) is 11.6 Å². The quantitative estimate of drug-likeness (QED) is 0.826. The van der Waals surface area contributed by atoms with Crippen LogP contribution in [0.4, 0.5) is 22.0 Å². The third kappa shape index (κ3) is 2.80. The first-order chi connectivity index (χ1) is 9.30. The van der Waals surface area contributed by atoms with E-state index in [4.69, 9.17) is 0 Å². The highest BCUT2D eigenvalue weighted by atomic mass is 19.4. The maximum Gasteiger partial charge on any atom is 0.416 e. The Labute approximate surface area is 111 Å². The van der Waals surface area contributed by atoms with Crippen LogP contribution in [0.25, 0.3) is 0 Å². The van der Waals surface area contributed by atoms with E-state index in [1.807, 2.05) is 0 Å². The van der Waals surface area contributed by atoms with Gasteiger partial charge in [-0.15, -0.1) is 0 Å². The molecule has 0 saturated carbocycles. The number of alkyl halides is 3. The van der Waals surface area contributed by atoms with Gasteiger partial charge in [-0.1, -0.05) is 24.3 Å². The first-order valence-corrected chi connectivity index (χ1v) is 5.60. The molecule has 2 aromatic carbocycles. The molecule has 6 heteroatoms. The van der Waals surface area contributed by atoms with Crippen LogP contribution in [0.2, 0.25) is 0 Å². The molecule has 2 aromatic rings. The molecule has 0 bridgehead atoms. The van der Waals surface area contributed by atoms with Gasteiger partial charge in [0, 0.05) is 5.56 Å². The van der Waals surface area contributed by atoms with Gasteiger partial charge in [0.05, 0.1) is 5.56 Å². The van der Waals surface area contributed by atoms with Crippen molar-refractivity contribution in [1.82, 2.24) is 0 Å². The van der Waals surface area contributed by atoms with E-state index in [0.717, 1.165) is 18.2 Å². The zero-order valence-electron chi connectivity index (χ0n) is 9.96. The van der Waals surface area contributed by atoms with Gasteiger partial charge in [-0.05, 0) is 23.8 Å². The Morgan fingerprint density at radius 2 is 1.55 bits per heavy atom. The molecule has 1 nitrogen and oxygen atoms in total. The molecule has 0 fully saturated rings. The molecule has 0 radical (unpaired) electrons. The van der Waals surface area contributed by atoms with Crippen LogP contribution < -0.4 is 0 Å². The molecule has 0 amide bonds. The largest absolute Gasteiger partial charge is 0.416 e. The van der Waals surface area contributed by atoms with Gasteiger partial charge in [0.15, 0.2) is 0 Å². The predicted molar refractivity (Wildman–Crippen MR) is 61.9 cm³/mol. The lowest BCUT2D eigenvalue weighted by Crippen LogP contribution is -2.14. The maximum absolute atomic E-state index is 13.5. The van der Waals surface area contributed by atoms with Crippen molar-refractivity contribution in [2.24, 2.45) is 0 Å². The summed E-state index contributed by atoms with van der Waals surface area (Å²) in [6.07, 6.45) is -6.67. The van der Waals surface area contributed by atoms with Gasteiger partial charge in [0.25, 0.3) is 0 Å². The predicted octanol–water partition coefficient (Wildman–Crippen LogP) is 4.07. The van der Waals surface area contributed by atoms with Crippen molar-refractivity contribution in [2.75, 3.05) is 0 Å². The minimum absolute atomic E-state index is 0.277. The highest BCUT2D eigenvalue weighted by molar-refractivity contribution is 5.38. The summed E-state index contributed by atoms with van der Waals surface area (Å²) in [7, 11) is 0. The fraction of sp³-hybridized carbons (Fsp3) is 0.143. The van der Waals surface area contributed by atoms with Gasteiger partial charge < -0.3 is 5.11 Å². The third-order valence-electron chi connectivity index (χ3n) is 2.82. The Morgan fingerprint density at radius 3 is 2.15 bits per heavy atom. The summed E-state index contributed by atoms with van der Waals surface area (Å²) in [5, 5.41) is 9.95. The van der Waals surface area contributed by atoms with Gasteiger partial charge in [-0.3, -0.25) is 0 Å². The number of hydrogen-bond donors (Lipinski definition) is 1. The Balaban J connectivity index is 2.56. The summed E-state index contributed by atoms with van der Waals surface area (Å²) in [4.78, 5) is 0. The van der Waals surface area contributed by atoms with Crippen molar-refractivity contribution < 1.29 is 27.1 Å². The Morgan fingerprint density at radius 1 is 0.900 bits per heavy atom. The molecular weight excluding hydrogens is 279 g/mol. The molecule has 106 valence electrons. The molecule has 1 N–H and O–H groups in total. The summed E-state index contributed by atoms with van der Waals surface area (Å²) in [6.45, 7) is 0. The first kappa shape index (κ1) is 14.5. The van der Waals surface area contributed by atoms with Crippen molar-refractivity contribution in [3.05, 3.63) is 70.8 Å². The standard InChI is InChI=1S/C14H9F5O/c15-8-5-6-9(11(7-8)14(17,18)19)13(20)10-3-1-2-4-12(10)16/h1-7,13,20H. The van der Waals surface area contributed by atoms with Crippen LogP contribution in [-0.4, -0.2) is 5.11 Å². The highest BCUT2D eigenvalue weighted by Gasteiger charge is 2.36. The third-order valence-corrected chi connectivity index (χ3v) is 2.82. The smallest absolute Gasteiger partial charge is 0.384 e. The molecule has 0 saturated heterocycles. The normalized spacial score (nSPS) is 13.3. The number of aliphatic hydroxyl groups is 1. The lowest BCUT2D eigenvalue weighted by Gasteiger charge is -2.18. The number of aliphatic hydroxyl groups excluding tert-OH is 1. The summed E-state index contributed by atoms with van der Waals surface area (Å²) in [5.74, 6) is -1.92. The van der Waals surface area contributed by atoms with Crippen LogP contribution in [0.15, 0.2) is 42.5 Å². The maximum atomic E-state index is 13.5. The molecule has 1 unspecified atom stereocenters. The number of rotatable bonds is 2. The Kier molecular flexibility index (Phi) is 3.76. The van der Waals surface area contributed by atoms with Crippen molar-refractivity contribution in [1.29, 1.82) is 0 Å². The molecule has 0 aliphatic carbocycles. The van der Waals surface area contributed by atoms with Crippen LogP contribution in [0.5, 0.6) is 0 Å². The molecular formula is C14H9F5O. The van der Waals surface area contributed by atoms with E-state index in [2.05, 4.69) is 0 Å². The topological polar surface area (TPSA) is 20.2 Å². The van der Waals surface area contributed by atoms with Gasteiger partial charge in [0.1, 0.15) is 17.7 Å². The Hall–Kier alpha value is -1.95. The molecule has 0 aliphatic rings. The molecule has 0 aliphatic heterocycles. The van der Waals surface area contributed by atoms with Gasteiger partial charge in [0.2, 0.25) is 0 Å². The molecule has 2 rings (SSSR count). The van der Waals surface area contributed by atoms with E-state index in [1.165, 1.54) is 18.2 Å². The van der Waals surface area contributed by atoms with Crippen molar-refractivity contribution >= 4 is 0 Å². The van der Waals surface area contributed by atoms with E-state index in [9.17, 15) is 27.1 Å². The van der Waals surface area contributed by atoms with E-state index in [1.54, 1.807) is 0 Å². The average molecular weight is 288 g/mol. The summed E-state index contributed by atoms with van der Waals surface area (Å²) in [6, 6.07) is 6.79. The molecule has 20 heavy (non-hydrogen) atoms. The number of hydrogen-bond acceptors (Lipinski definition) is 1. The van der Waals surface area contributed by atoms with E-state index in [0.29, 0.717) is 0 Å². The van der Waals surface area contributed by atoms with Gasteiger partial charge in [-0.25, -0.2) is 8.78 Å². The zero-order valence-corrected chi connectivity index (χ0v) is 9.96. The second kappa shape index (κ2) is 5.20. The average Bonchev–Trinajstić information content (AvgIpc) is 2.37. The minimum Gasteiger partial charge on any atom is -0.384 e. The second-order valence-corrected chi connectivity index (χ2v) is 4.15. The number of halogens is 5. The highest BCUT2D eigenvalue weighted by Crippen LogP contribution is 2.37. The monoisotopic (exact) mass is 288 g/mol. The summed E-state index contributed by atoms with van der Waals surface area (Å²) < 4.78 is 65.0. The van der Waals surface area contributed by atoms with E-state index in [-0.39, 0.29) is 11.6 Å². The first-order valence-electron chi connectivity index (χ1n) is 5.60. The van der Waals surface area contributed by atoms with Crippen LogP contribution in [0.1, 0.15) is 22.8 Å². The second-order valence-electron chi connectivity index (χ2n) is 4.15. The molecule has 0 spiro atoms.